The van der Waals surface area contributed by atoms with Gasteiger partial charge in [-0.2, -0.15) is 0 Å². The van der Waals surface area contributed by atoms with E-state index in [2.05, 4.69) is 5.32 Å². The predicted octanol–water partition coefficient (Wildman–Crippen LogP) is 3.72. The molecule has 1 aliphatic rings. The summed E-state index contributed by atoms with van der Waals surface area (Å²) in [5.41, 5.74) is 0.774. The van der Waals surface area contributed by atoms with Crippen LogP contribution >= 0.6 is 23.2 Å². The normalized spacial score (nSPS) is 18.7. The molecule has 0 heterocycles. The van der Waals surface area contributed by atoms with Gasteiger partial charge in [0.25, 0.3) is 0 Å². The molecular weight excluding hydrogens is 457 g/mol. The number of carbonyl (C=O) groups is 3. The number of benzene rings is 2. The molecule has 1 fully saturated rings. The Morgan fingerprint density at radius 3 is 2.47 bits per heavy atom. The Kier molecular flexibility index (Phi) is 8.12. The fraction of sp³-hybridized carbons (Fsp3) is 0.348. The number of aliphatic carboxylic acids is 1. The zero-order valence-corrected chi connectivity index (χ0v) is 18.6. The number of carboxylic acid groups (broad SMARTS) is 1. The summed E-state index contributed by atoms with van der Waals surface area (Å²) in [5.74, 6) is -1.61. The molecule has 2 aromatic carbocycles. The van der Waals surface area contributed by atoms with Gasteiger partial charge in [0, 0.05) is 23.6 Å². The van der Waals surface area contributed by atoms with Crippen molar-refractivity contribution in [2.24, 2.45) is 5.92 Å². The van der Waals surface area contributed by atoms with Crippen molar-refractivity contribution >= 4 is 40.9 Å². The quantitative estimate of drug-likeness (QED) is 0.472. The largest absolute Gasteiger partial charge is 0.489 e. The number of carboxylic acids is 1. The number of amides is 1. The molecule has 1 saturated carbocycles. The highest BCUT2D eigenvalue weighted by atomic mass is 35.5. The Morgan fingerprint density at radius 1 is 1.06 bits per heavy atom. The highest BCUT2D eigenvalue weighted by Gasteiger charge is 2.32. The van der Waals surface area contributed by atoms with E-state index in [1.54, 1.807) is 36.4 Å². The van der Waals surface area contributed by atoms with Gasteiger partial charge >= 0.3 is 5.97 Å². The smallest absolute Gasteiger partial charge is 0.306 e. The first-order valence-corrected chi connectivity index (χ1v) is 10.9. The number of ether oxygens (including phenoxy) is 1. The van der Waals surface area contributed by atoms with Gasteiger partial charge in [-0.15, -0.1) is 0 Å². The molecule has 0 radical (unpaired) electrons. The molecule has 7 nitrogen and oxygen atoms in total. The number of halogens is 2. The zero-order chi connectivity index (χ0) is 23.3. The summed E-state index contributed by atoms with van der Waals surface area (Å²) in [6.45, 7) is -0.120. The lowest BCUT2D eigenvalue weighted by Gasteiger charge is -2.17. The lowest BCUT2D eigenvalue weighted by atomic mass is 10.0. The molecule has 1 amide bonds. The van der Waals surface area contributed by atoms with Gasteiger partial charge in [0.05, 0.1) is 23.7 Å². The van der Waals surface area contributed by atoms with Crippen LogP contribution in [0.4, 0.5) is 0 Å². The zero-order valence-electron chi connectivity index (χ0n) is 17.1. The molecule has 3 N–H and O–H groups in total. The summed E-state index contributed by atoms with van der Waals surface area (Å²) >= 11 is 12.7. The van der Waals surface area contributed by atoms with Crippen molar-refractivity contribution in [1.29, 1.82) is 0 Å². The van der Waals surface area contributed by atoms with E-state index in [1.807, 2.05) is 6.07 Å². The number of aliphatic hydroxyl groups excluding tert-OH is 1. The Bertz CT molecular complexity index is 997. The SMILES string of the molecule is O=C(O)CC(O)CNC(=O)[C@H]1CC[C@H](Oc2ccc(C(=O)c3ccccc3)c(Cl)c2Cl)C1. The molecule has 3 rings (SSSR count). The highest BCUT2D eigenvalue weighted by molar-refractivity contribution is 6.45. The second-order valence-corrected chi connectivity index (χ2v) is 8.44. The summed E-state index contributed by atoms with van der Waals surface area (Å²) in [6.07, 6.45) is -0.185. The van der Waals surface area contributed by atoms with Crippen molar-refractivity contribution in [1.82, 2.24) is 5.32 Å². The van der Waals surface area contributed by atoms with Crippen LogP contribution in [0.2, 0.25) is 10.0 Å². The van der Waals surface area contributed by atoms with Crippen LogP contribution < -0.4 is 10.1 Å². The van der Waals surface area contributed by atoms with Gasteiger partial charge in [-0.05, 0) is 31.4 Å². The molecule has 3 atom stereocenters. The minimum absolute atomic E-state index is 0.109. The van der Waals surface area contributed by atoms with Gasteiger partial charge in [-0.25, -0.2) is 0 Å². The molecule has 0 aromatic heterocycles. The Labute approximate surface area is 195 Å². The van der Waals surface area contributed by atoms with Crippen molar-refractivity contribution in [2.75, 3.05) is 6.54 Å². The lowest BCUT2D eigenvalue weighted by Crippen LogP contribution is -2.36. The predicted molar refractivity (Wildman–Crippen MR) is 119 cm³/mol. The molecule has 0 aliphatic heterocycles. The number of ketones is 1. The van der Waals surface area contributed by atoms with E-state index in [1.165, 1.54) is 0 Å². The van der Waals surface area contributed by atoms with Crippen LogP contribution in [0.5, 0.6) is 5.75 Å². The van der Waals surface area contributed by atoms with Gasteiger partial charge in [0.15, 0.2) is 5.78 Å². The summed E-state index contributed by atoms with van der Waals surface area (Å²) in [6, 6.07) is 11.9. The summed E-state index contributed by atoms with van der Waals surface area (Å²) in [4.78, 5) is 35.6. The minimum Gasteiger partial charge on any atom is -0.489 e. The second-order valence-electron chi connectivity index (χ2n) is 7.68. The maximum atomic E-state index is 12.7. The monoisotopic (exact) mass is 479 g/mol. The van der Waals surface area contributed by atoms with Gasteiger partial charge in [0.2, 0.25) is 5.91 Å². The summed E-state index contributed by atoms with van der Waals surface area (Å²) in [7, 11) is 0. The lowest BCUT2D eigenvalue weighted by molar-refractivity contribution is -0.139. The number of nitrogens with one attached hydrogen (secondary N) is 1. The molecule has 9 heteroatoms. The van der Waals surface area contributed by atoms with Gasteiger partial charge < -0.3 is 20.3 Å². The molecule has 1 aliphatic carbocycles. The van der Waals surface area contributed by atoms with Crippen molar-refractivity contribution in [2.45, 2.75) is 37.9 Å². The third-order valence-electron chi connectivity index (χ3n) is 5.30. The van der Waals surface area contributed by atoms with Crippen molar-refractivity contribution in [3.63, 3.8) is 0 Å². The molecular formula is C23H23Cl2NO6. The van der Waals surface area contributed by atoms with Crippen molar-refractivity contribution < 1.29 is 29.3 Å². The first kappa shape index (κ1) is 24.0. The standard InChI is InChI=1S/C23H23Cl2NO6/c24-20-17(22(30)13-4-2-1-3-5-13)8-9-18(21(20)25)32-16-7-6-14(10-16)23(31)26-12-15(27)11-19(28)29/h1-5,8-9,14-16,27H,6-7,10-12H2,(H,26,31)(H,28,29)/t14-,15?,16-/m0/s1. The second kappa shape index (κ2) is 10.8. The number of rotatable bonds is 9. The van der Waals surface area contributed by atoms with Crippen LogP contribution in [0.1, 0.15) is 41.6 Å². The van der Waals surface area contributed by atoms with Crippen molar-refractivity contribution in [3.05, 3.63) is 63.6 Å². The van der Waals surface area contributed by atoms with Gasteiger partial charge in [-0.3, -0.25) is 14.4 Å². The number of hydrogen-bond donors (Lipinski definition) is 3. The first-order valence-electron chi connectivity index (χ1n) is 10.2. The average Bonchev–Trinajstić information content (AvgIpc) is 3.24. The minimum atomic E-state index is -1.14. The van der Waals surface area contributed by atoms with E-state index in [0.717, 1.165) is 0 Å². The molecule has 1 unspecified atom stereocenters. The fourth-order valence-corrected chi connectivity index (χ4v) is 4.10. The molecule has 0 bridgehead atoms. The summed E-state index contributed by atoms with van der Waals surface area (Å²) < 4.78 is 5.95. The first-order chi connectivity index (χ1) is 15.3. The van der Waals surface area contributed by atoms with E-state index in [4.69, 9.17) is 33.0 Å². The van der Waals surface area contributed by atoms with Crippen LogP contribution in [-0.2, 0) is 9.59 Å². The Balaban J connectivity index is 1.59. The van der Waals surface area contributed by atoms with Crippen LogP contribution in [0.15, 0.2) is 42.5 Å². The van der Waals surface area contributed by atoms with Crippen molar-refractivity contribution in [3.8, 4) is 5.75 Å². The Morgan fingerprint density at radius 2 is 1.78 bits per heavy atom. The topological polar surface area (TPSA) is 113 Å². The number of hydrogen-bond acceptors (Lipinski definition) is 5. The van der Waals surface area contributed by atoms with E-state index >= 15 is 0 Å². The fourth-order valence-electron chi connectivity index (χ4n) is 3.64. The van der Waals surface area contributed by atoms with E-state index in [0.29, 0.717) is 30.6 Å². The van der Waals surface area contributed by atoms with Gasteiger partial charge in [0.1, 0.15) is 10.8 Å². The third-order valence-corrected chi connectivity index (χ3v) is 6.16. The van der Waals surface area contributed by atoms with Crippen LogP contribution in [0.25, 0.3) is 0 Å². The van der Waals surface area contributed by atoms with Crippen LogP contribution in [-0.4, -0.2) is 46.6 Å². The maximum Gasteiger partial charge on any atom is 0.306 e. The number of aliphatic hydroxyl groups is 1. The van der Waals surface area contributed by atoms with Crippen LogP contribution in [0, 0.1) is 5.92 Å². The van der Waals surface area contributed by atoms with Gasteiger partial charge in [-0.1, -0.05) is 53.5 Å². The molecule has 32 heavy (non-hydrogen) atoms. The molecule has 0 saturated heterocycles. The highest BCUT2D eigenvalue weighted by Crippen LogP contribution is 2.38. The average molecular weight is 480 g/mol. The van der Waals surface area contributed by atoms with Crippen LogP contribution in [0.3, 0.4) is 0 Å². The Hall–Kier alpha value is -2.61. The van der Waals surface area contributed by atoms with E-state index < -0.39 is 18.5 Å². The maximum absolute atomic E-state index is 12.7. The summed E-state index contributed by atoms with van der Waals surface area (Å²) in [5, 5.41) is 21.1. The number of carbonyl (C=O) groups excluding carboxylic acids is 2. The molecule has 170 valence electrons. The third kappa shape index (κ3) is 6.00. The molecule has 2 aromatic rings. The van der Waals surface area contributed by atoms with E-state index in [-0.39, 0.29) is 45.9 Å². The molecule has 0 spiro atoms. The van der Waals surface area contributed by atoms with E-state index in [9.17, 15) is 19.5 Å².